The predicted molar refractivity (Wildman–Crippen MR) is 102 cm³/mol. The standard InChI is InChI=1S/C21H34O4/c1-13(2)19(22)15-11-17(24-20(5,6)7)18(25-21(8,9)10)12-16(15)23-14(3)4/h11-14H,1-10H3. The minimum Gasteiger partial charge on any atom is -0.490 e. The fourth-order valence-corrected chi connectivity index (χ4v) is 2.22. The van der Waals surface area contributed by atoms with E-state index >= 15 is 0 Å². The molecule has 0 aliphatic carbocycles. The van der Waals surface area contributed by atoms with Gasteiger partial charge in [-0.1, -0.05) is 13.8 Å². The van der Waals surface area contributed by atoms with E-state index in [4.69, 9.17) is 14.2 Å². The number of ether oxygens (including phenoxy) is 3. The van der Waals surface area contributed by atoms with E-state index in [1.807, 2.05) is 69.2 Å². The number of rotatable bonds is 6. The lowest BCUT2D eigenvalue weighted by atomic mass is 9.99. The molecule has 0 amide bonds. The smallest absolute Gasteiger partial charge is 0.169 e. The van der Waals surface area contributed by atoms with E-state index in [-0.39, 0.29) is 17.8 Å². The van der Waals surface area contributed by atoms with E-state index in [1.165, 1.54) is 0 Å². The highest BCUT2D eigenvalue weighted by molar-refractivity contribution is 6.00. The zero-order valence-electron chi connectivity index (χ0n) is 17.4. The Kier molecular flexibility index (Phi) is 6.55. The summed E-state index contributed by atoms with van der Waals surface area (Å²) in [5, 5.41) is 0. The first-order chi connectivity index (χ1) is 11.2. The van der Waals surface area contributed by atoms with Crippen LogP contribution in [0.4, 0.5) is 0 Å². The fraction of sp³-hybridized carbons (Fsp3) is 0.667. The molecule has 0 unspecified atom stereocenters. The minimum absolute atomic E-state index is 0.0247. The van der Waals surface area contributed by atoms with E-state index in [0.717, 1.165) is 0 Å². The van der Waals surface area contributed by atoms with E-state index in [0.29, 0.717) is 22.8 Å². The molecule has 142 valence electrons. The summed E-state index contributed by atoms with van der Waals surface area (Å²) in [5.74, 6) is 1.57. The van der Waals surface area contributed by atoms with Crippen molar-refractivity contribution in [3.63, 3.8) is 0 Å². The molecule has 4 nitrogen and oxygen atoms in total. The summed E-state index contributed by atoms with van der Waals surface area (Å²) >= 11 is 0. The van der Waals surface area contributed by atoms with E-state index in [1.54, 1.807) is 12.1 Å². The summed E-state index contributed by atoms with van der Waals surface area (Å²) in [6.07, 6.45) is -0.0458. The molecule has 25 heavy (non-hydrogen) atoms. The molecule has 0 radical (unpaired) electrons. The third-order valence-electron chi connectivity index (χ3n) is 3.03. The second-order valence-corrected chi connectivity index (χ2v) is 8.91. The Labute approximate surface area is 152 Å². The summed E-state index contributed by atoms with van der Waals surface area (Å²) < 4.78 is 18.1. The molecule has 0 N–H and O–H groups in total. The second-order valence-electron chi connectivity index (χ2n) is 8.91. The van der Waals surface area contributed by atoms with Crippen molar-refractivity contribution in [2.45, 2.75) is 86.5 Å². The highest BCUT2D eigenvalue weighted by Crippen LogP contribution is 2.39. The first kappa shape index (κ1) is 21.3. The highest BCUT2D eigenvalue weighted by atomic mass is 16.5. The van der Waals surface area contributed by atoms with Gasteiger partial charge in [-0.15, -0.1) is 0 Å². The zero-order valence-corrected chi connectivity index (χ0v) is 17.4. The maximum Gasteiger partial charge on any atom is 0.169 e. The average Bonchev–Trinajstić information content (AvgIpc) is 2.36. The van der Waals surface area contributed by atoms with Gasteiger partial charge in [0.05, 0.1) is 11.7 Å². The van der Waals surface area contributed by atoms with Crippen molar-refractivity contribution in [1.29, 1.82) is 0 Å². The maximum atomic E-state index is 12.7. The quantitative estimate of drug-likeness (QED) is 0.620. The Balaban J connectivity index is 3.55. The molecule has 1 rings (SSSR count). The minimum atomic E-state index is -0.408. The average molecular weight is 350 g/mol. The molecule has 0 heterocycles. The van der Waals surface area contributed by atoms with Crippen LogP contribution in [0.15, 0.2) is 12.1 Å². The monoisotopic (exact) mass is 350 g/mol. The Hall–Kier alpha value is -1.71. The van der Waals surface area contributed by atoms with Crippen LogP contribution < -0.4 is 14.2 Å². The number of Topliss-reactive ketones (excluding diaryl/α,β-unsaturated/α-hetero) is 1. The van der Waals surface area contributed by atoms with Crippen molar-refractivity contribution in [3.05, 3.63) is 17.7 Å². The molecular weight excluding hydrogens is 316 g/mol. The van der Waals surface area contributed by atoms with Gasteiger partial charge in [0.25, 0.3) is 0 Å². The van der Waals surface area contributed by atoms with Crippen LogP contribution in [0.2, 0.25) is 0 Å². The lowest BCUT2D eigenvalue weighted by Crippen LogP contribution is -2.27. The fourth-order valence-electron chi connectivity index (χ4n) is 2.22. The van der Waals surface area contributed by atoms with Crippen LogP contribution in [0.25, 0.3) is 0 Å². The summed E-state index contributed by atoms with van der Waals surface area (Å²) in [5.41, 5.74) is -0.271. The normalized spacial score (nSPS) is 12.5. The van der Waals surface area contributed by atoms with Gasteiger partial charge in [0, 0.05) is 12.0 Å². The molecule has 0 saturated carbocycles. The second kappa shape index (κ2) is 7.67. The van der Waals surface area contributed by atoms with Crippen molar-refractivity contribution < 1.29 is 19.0 Å². The molecule has 0 bridgehead atoms. The topological polar surface area (TPSA) is 44.8 Å². The molecule has 1 aromatic carbocycles. The van der Waals surface area contributed by atoms with Gasteiger partial charge in [-0.2, -0.15) is 0 Å². The molecule has 0 aromatic heterocycles. The van der Waals surface area contributed by atoms with Crippen LogP contribution in [-0.2, 0) is 0 Å². The van der Waals surface area contributed by atoms with Gasteiger partial charge in [0.2, 0.25) is 0 Å². The first-order valence-electron chi connectivity index (χ1n) is 8.96. The van der Waals surface area contributed by atoms with Crippen LogP contribution in [0.1, 0.15) is 79.6 Å². The van der Waals surface area contributed by atoms with E-state index in [9.17, 15) is 4.79 Å². The number of hydrogen-bond donors (Lipinski definition) is 0. The van der Waals surface area contributed by atoms with Gasteiger partial charge >= 0.3 is 0 Å². The zero-order chi connectivity index (χ0) is 19.6. The van der Waals surface area contributed by atoms with Crippen LogP contribution >= 0.6 is 0 Å². The number of benzene rings is 1. The van der Waals surface area contributed by atoms with Crippen molar-refractivity contribution >= 4 is 5.78 Å². The van der Waals surface area contributed by atoms with Crippen molar-refractivity contribution in [1.82, 2.24) is 0 Å². The lowest BCUT2D eigenvalue weighted by Gasteiger charge is -2.28. The van der Waals surface area contributed by atoms with Crippen LogP contribution in [0, 0.1) is 5.92 Å². The van der Waals surface area contributed by atoms with Gasteiger partial charge in [-0.05, 0) is 61.5 Å². The van der Waals surface area contributed by atoms with Crippen LogP contribution in [-0.4, -0.2) is 23.1 Å². The molecule has 0 atom stereocenters. The first-order valence-corrected chi connectivity index (χ1v) is 8.96. The molecule has 1 aromatic rings. The Morgan fingerprint density at radius 1 is 0.800 bits per heavy atom. The van der Waals surface area contributed by atoms with Crippen LogP contribution in [0.3, 0.4) is 0 Å². The van der Waals surface area contributed by atoms with Crippen LogP contribution in [0.5, 0.6) is 17.2 Å². The lowest BCUT2D eigenvalue weighted by molar-refractivity contribution is 0.0906. The molecule has 0 fully saturated rings. The number of ketones is 1. The highest BCUT2D eigenvalue weighted by Gasteiger charge is 2.26. The molecular formula is C21H34O4. The molecule has 4 heteroatoms. The molecule has 0 spiro atoms. The summed E-state index contributed by atoms with van der Waals surface area (Å²) in [4.78, 5) is 12.7. The Morgan fingerprint density at radius 2 is 1.24 bits per heavy atom. The van der Waals surface area contributed by atoms with Gasteiger partial charge in [0.1, 0.15) is 17.0 Å². The maximum absolute atomic E-state index is 12.7. The molecule has 0 aliphatic rings. The van der Waals surface area contributed by atoms with Gasteiger partial charge < -0.3 is 14.2 Å². The summed E-state index contributed by atoms with van der Waals surface area (Å²) in [7, 11) is 0. The van der Waals surface area contributed by atoms with E-state index < -0.39 is 11.2 Å². The van der Waals surface area contributed by atoms with Gasteiger partial charge in [-0.25, -0.2) is 0 Å². The molecule has 0 saturated heterocycles. The third kappa shape index (κ3) is 6.97. The van der Waals surface area contributed by atoms with Crippen molar-refractivity contribution in [2.24, 2.45) is 5.92 Å². The largest absolute Gasteiger partial charge is 0.490 e. The number of hydrogen-bond acceptors (Lipinski definition) is 4. The van der Waals surface area contributed by atoms with Gasteiger partial charge in [0.15, 0.2) is 17.3 Å². The van der Waals surface area contributed by atoms with Gasteiger partial charge in [-0.3, -0.25) is 4.79 Å². The Bertz CT molecular complexity index is 602. The predicted octanol–water partition coefficient (Wildman–Crippen LogP) is 5.67. The summed E-state index contributed by atoms with van der Waals surface area (Å²) in [6.45, 7) is 19.5. The number of carbonyl (C=O) groups is 1. The number of carbonyl (C=O) groups excluding carboxylic acids is 1. The van der Waals surface area contributed by atoms with Crippen molar-refractivity contribution in [2.75, 3.05) is 0 Å². The summed E-state index contributed by atoms with van der Waals surface area (Å²) in [6, 6.07) is 3.54. The SMILES string of the molecule is CC(C)Oc1cc(OC(C)(C)C)c(OC(C)(C)C)cc1C(=O)C(C)C. The third-order valence-corrected chi connectivity index (χ3v) is 3.03. The Morgan fingerprint density at radius 3 is 1.60 bits per heavy atom. The van der Waals surface area contributed by atoms with E-state index in [2.05, 4.69) is 0 Å². The molecule has 0 aliphatic heterocycles. The van der Waals surface area contributed by atoms with Crippen molar-refractivity contribution in [3.8, 4) is 17.2 Å².